The van der Waals surface area contributed by atoms with E-state index in [0.717, 1.165) is 0 Å². The molecule has 0 radical (unpaired) electrons. The monoisotopic (exact) mass is 211 g/mol. The van der Waals surface area contributed by atoms with Gasteiger partial charge in [0, 0.05) is 0 Å². The van der Waals surface area contributed by atoms with E-state index in [1.807, 2.05) is 20.8 Å². The predicted molar refractivity (Wildman–Crippen MR) is 54.6 cm³/mol. The van der Waals surface area contributed by atoms with Crippen molar-refractivity contribution in [3.63, 3.8) is 0 Å². The van der Waals surface area contributed by atoms with Crippen molar-refractivity contribution in [3.8, 4) is 0 Å². The summed E-state index contributed by atoms with van der Waals surface area (Å²) in [6.07, 6.45) is 1.82. The number of hydrogen-bond donors (Lipinski definition) is 1. The third-order valence-corrected chi connectivity index (χ3v) is 5.05. The average Bonchev–Trinajstić information content (AvgIpc) is 2.08. The standard InChI is InChI=1S/C8H18O3S.H3N/c1-5-8(6-2,7-3)12(9,10)11-4;/h5-7H2,1-4H3;1H3. The Kier molecular flexibility index (Phi) is 6.57. The predicted octanol–water partition coefficient (Wildman–Crippen LogP) is 2.09. The van der Waals surface area contributed by atoms with Crippen LogP contribution < -0.4 is 6.15 Å². The Morgan fingerprint density at radius 2 is 1.38 bits per heavy atom. The summed E-state index contributed by atoms with van der Waals surface area (Å²) < 4.78 is 26.9. The van der Waals surface area contributed by atoms with E-state index >= 15 is 0 Å². The van der Waals surface area contributed by atoms with Gasteiger partial charge in [-0.2, -0.15) is 8.42 Å². The topological polar surface area (TPSA) is 78.4 Å². The Labute approximate surface area is 81.4 Å². The summed E-state index contributed by atoms with van der Waals surface area (Å²) in [5, 5.41) is 0. The Morgan fingerprint density at radius 1 is 1.08 bits per heavy atom. The molecule has 0 aliphatic rings. The molecule has 0 aliphatic heterocycles. The highest BCUT2D eigenvalue weighted by Gasteiger charge is 2.39. The highest BCUT2D eigenvalue weighted by atomic mass is 32.2. The van der Waals surface area contributed by atoms with Gasteiger partial charge in [-0.3, -0.25) is 4.18 Å². The molecule has 0 aromatic rings. The normalized spacial score (nSPS) is 12.3. The first-order valence-corrected chi connectivity index (χ1v) is 5.70. The van der Waals surface area contributed by atoms with Gasteiger partial charge < -0.3 is 6.15 Å². The van der Waals surface area contributed by atoms with Crippen molar-refractivity contribution in [2.24, 2.45) is 0 Å². The lowest BCUT2D eigenvalue weighted by Gasteiger charge is -2.28. The largest absolute Gasteiger partial charge is 0.344 e. The molecule has 3 N–H and O–H groups in total. The van der Waals surface area contributed by atoms with E-state index in [2.05, 4.69) is 4.18 Å². The highest BCUT2D eigenvalue weighted by Crippen LogP contribution is 2.30. The molecule has 13 heavy (non-hydrogen) atoms. The Morgan fingerprint density at radius 3 is 1.46 bits per heavy atom. The van der Waals surface area contributed by atoms with Crippen LogP contribution in [0.2, 0.25) is 0 Å². The maximum Gasteiger partial charge on any atom is 0.272 e. The van der Waals surface area contributed by atoms with Crippen molar-refractivity contribution in [1.29, 1.82) is 0 Å². The second-order valence-electron chi connectivity index (χ2n) is 2.86. The van der Waals surface area contributed by atoms with Gasteiger partial charge in [-0.15, -0.1) is 0 Å². The molecule has 0 aromatic heterocycles. The summed E-state index contributed by atoms with van der Waals surface area (Å²) in [6, 6.07) is 0. The second-order valence-corrected chi connectivity index (χ2v) is 4.97. The lowest BCUT2D eigenvalue weighted by Crippen LogP contribution is -2.37. The van der Waals surface area contributed by atoms with Crippen LogP contribution in [0.3, 0.4) is 0 Å². The zero-order valence-electron chi connectivity index (χ0n) is 8.96. The minimum absolute atomic E-state index is 0. The van der Waals surface area contributed by atoms with Crippen molar-refractivity contribution in [1.82, 2.24) is 6.15 Å². The Hall–Kier alpha value is -0.130. The van der Waals surface area contributed by atoms with Crippen molar-refractivity contribution < 1.29 is 12.6 Å². The van der Waals surface area contributed by atoms with Crippen molar-refractivity contribution in [3.05, 3.63) is 0 Å². The summed E-state index contributed by atoms with van der Waals surface area (Å²) in [6.45, 7) is 5.64. The summed E-state index contributed by atoms with van der Waals surface area (Å²) in [5.74, 6) is 0. The minimum atomic E-state index is -3.37. The van der Waals surface area contributed by atoms with Crippen molar-refractivity contribution >= 4 is 10.1 Å². The van der Waals surface area contributed by atoms with E-state index in [9.17, 15) is 8.42 Å². The maximum absolute atomic E-state index is 11.5. The van der Waals surface area contributed by atoms with Crippen LogP contribution in [0.4, 0.5) is 0 Å². The van der Waals surface area contributed by atoms with E-state index in [0.29, 0.717) is 19.3 Å². The molecule has 0 amide bonds. The molecule has 0 fully saturated rings. The van der Waals surface area contributed by atoms with E-state index < -0.39 is 14.9 Å². The third kappa shape index (κ3) is 2.65. The molecule has 0 aliphatic carbocycles. The summed E-state index contributed by atoms with van der Waals surface area (Å²) in [4.78, 5) is 0. The summed E-state index contributed by atoms with van der Waals surface area (Å²) >= 11 is 0. The molecule has 0 saturated heterocycles. The van der Waals surface area contributed by atoms with Gasteiger partial charge in [0.15, 0.2) is 0 Å². The molecule has 0 unspecified atom stereocenters. The SMILES string of the molecule is CCC(CC)(CC)S(=O)(=O)OC.N. The molecular formula is C8H21NO3S. The first-order valence-electron chi connectivity index (χ1n) is 4.29. The van der Waals surface area contributed by atoms with E-state index in [4.69, 9.17) is 0 Å². The fourth-order valence-electron chi connectivity index (χ4n) is 1.46. The first-order chi connectivity index (χ1) is 5.49. The van der Waals surface area contributed by atoms with Gasteiger partial charge in [-0.25, -0.2) is 0 Å². The van der Waals surface area contributed by atoms with Gasteiger partial charge in [0.05, 0.1) is 11.9 Å². The molecule has 0 bridgehead atoms. The number of hydrogen-bond acceptors (Lipinski definition) is 4. The first kappa shape index (κ1) is 15.3. The number of rotatable bonds is 5. The molecule has 0 rings (SSSR count). The van der Waals surface area contributed by atoms with Crippen LogP contribution in [-0.2, 0) is 14.3 Å². The van der Waals surface area contributed by atoms with Crippen LogP contribution >= 0.6 is 0 Å². The molecule has 82 valence electrons. The molecule has 0 aromatic carbocycles. The molecular weight excluding hydrogens is 190 g/mol. The van der Waals surface area contributed by atoms with Gasteiger partial charge in [-0.1, -0.05) is 20.8 Å². The fourth-order valence-corrected chi connectivity index (χ4v) is 2.87. The zero-order valence-corrected chi connectivity index (χ0v) is 9.78. The molecule has 4 nitrogen and oxygen atoms in total. The lowest BCUT2D eigenvalue weighted by atomic mass is 9.99. The minimum Gasteiger partial charge on any atom is -0.344 e. The molecule has 0 atom stereocenters. The van der Waals surface area contributed by atoms with Crippen LogP contribution in [0.15, 0.2) is 0 Å². The lowest BCUT2D eigenvalue weighted by molar-refractivity contribution is 0.346. The van der Waals surface area contributed by atoms with Crippen LogP contribution in [-0.4, -0.2) is 20.3 Å². The van der Waals surface area contributed by atoms with E-state index in [1.165, 1.54) is 7.11 Å². The molecule has 0 heterocycles. The third-order valence-electron chi connectivity index (χ3n) is 2.68. The second kappa shape index (κ2) is 5.57. The van der Waals surface area contributed by atoms with E-state index in [-0.39, 0.29) is 6.15 Å². The molecule has 0 saturated carbocycles. The van der Waals surface area contributed by atoms with Gasteiger partial charge in [0.25, 0.3) is 10.1 Å². The fraction of sp³-hybridized carbons (Fsp3) is 1.00. The quantitative estimate of drug-likeness (QED) is 0.706. The summed E-state index contributed by atoms with van der Waals surface area (Å²) in [5.41, 5.74) is 0. The van der Waals surface area contributed by atoms with Gasteiger partial charge in [0.2, 0.25) is 0 Å². The van der Waals surface area contributed by atoms with Crippen LogP contribution in [0.5, 0.6) is 0 Å². The van der Waals surface area contributed by atoms with E-state index in [1.54, 1.807) is 0 Å². The smallest absolute Gasteiger partial charge is 0.272 e. The van der Waals surface area contributed by atoms with Gasteiger partial charge in [-0.05, 0) is 19.3 Å². The zero-order chi connectivity index (χ0) is 9.83. The average molecular weight is 211 g/mol. The van der Waals surface area contributed by atoms with Crippen LogP contribution in [0.1, 0.15) is 40.0 Å². The van der Waals surface area contributed by atoms with Crippen molar-refractivity contribution in [2.45, 2.75) is 44.8 Å². The van der Waals surface area contributed by atoms with Crippen molar-refractivity contribution in [2.75, 3.05) is 7.11 Å². The Balaban J connectivity index is 0. The molecule has 5 heteroatoms. The van der Waals surface area contributed by atoms with Gasteiger partial charge >= 0.3 is 0 Å². The Bertz CT molecular complexity index is 211. The maximum atomic E-state index is 11.5. The van der Waals surface area contributed by atoms with Crippen LogP contribution in [0.25, 0.3) is 0 Å². The van der Waals surface area contributed by atoms with Gasteiger partial charge in [0.1, 0.15) is 0 Å². The molecule has 0 spiro atoms. The van der Waals surface area contributed by atoms with Crippen LogP contribution in [0, 0.1) is 0 Å². The highest BCUT2D eigenvalue weighted by molar-refractivity contribution is 7.88. The summed E-state index contributed by atoms with van der Waals surface area (Å²) in [7, 11) is -2.14.